The highest BCUT2D eigenvalue weighted by Gasteiger charge is 2.30. The van der Waals surface area contributed by atoms with Gasteiger partial charge in [-0.2, -0.15) is 0 Å². The standard InChI is InChI=1S/C14H23N5O3/c1-18(14(20)17-7-9-21-2)11-4-8-19(10-11)12-13(22-3)16-6-5-15-12/h5-6,11H,4,7-10H2,1-3H3,(H,17,20)/t11-/m0/s1. The summed E-state index contributed by atoms with van der Waals surface area (Å²) in [6, 6.07) is 0.0456. The molecule has 1 atom stereocenters. The Morgan fingerprint density at radius 1 is 1.45 bits per heavy atom. The first-order valence-electron chi connectivity index (χ1n) is 7.27. The van der Waals surface area contributed by atoms with Gasteiger partial charge >= 0.3 is 6.03 Å². The van der Waals surface area contributed by atoms with E-state index in [1.54, 1.807) is 31.5 Å². The second-order valence-electron chi connectivity index (χ2n) is 5.11. The molecule has 0 spiro atoms. The number of anilines is 1. The summed E-state index contributed by atoms with van der Waals surface area (Å²) in [6.45, 7) is 2.54. The fraction of sp³-hybridized carbons (Fsp3) is 0.643. The van der Waals surface area contributed by atoms with Gasteiger partial charge in [-0.15, -0.1) is 0 Å². The van der Waals surface area contributed by atoms with Gasteiger partial charge in [0.2, 0.25) is 0 Å². The van der Waals surface area contributed by atoms with Gasteiger partial charge in [-0.1, -0.05) is 0 Å². The van der Waals surface area contributed by atoms with Crippen LogP contribution in [0.15, 0.2) is 12.4 Å². The lowest BCUT2D eigenvalue weighted by Gasteiger charge is -2.25. The molecule has 0 saturated carbocycles. The van der Waals surface area contributed by atoms with Crippen molar-refractivity contribution in [3.05, 3.63) is 12.4 Å². The average molecular weight is 309 g/mol. The van der Waals surface area contributed by atoms with Crippen molar-refractivity contribution in [1.29, 1.82) is 0 Å². The lowest BCUT2D eigenvalue weighted by Crippen LogP contribution is -2.45. The van der Waals surface area contributed by atoms with Crippen LogP contribution in [-0.2, 0) is 4.74 Å². The van der Waals surface area contributed by atoms with E-state index in [9.17, 15) is 4.79 Å². The van der Waals surface area contributed by atoms with Gasteiger partial charge < -0.3 is 24.6 Å². The molecule has 1 aromatic rings. The maximum atomic E-state index is 12.1. The molecule has 8 heteroatoms. The van der Waals surface area contributed by atoms with Gasteiger partial charge in [0.05, 0.1) is 19.8 Å². The molecule has 0 bridgehead atoms. The molecule has 2 rings (SSSR count). The summed E-state index contributed by atoms with van der Waals surface area (Å²) in [7, 11) is 5.00. The van der Waals surface area contributed by atoms with Crippen LogP contribution in [0.25, 0.3) is 0 Å². The second-order valence-corrected chi connectivity index (χ2v) is 5.11. The molecule has 8 nitrogen and oxygen atoms in total. The predicted octanol–water partition coefficient (Wildman–Crippen LogP) is 0.352. The number of carbonyl (C=O) groups excluding carboxylic acids is 1. The minimum absolute atomic E-state index is 0.0880. The Balaban J connectivity index is 1.93. The Kier molecular flexibility index (Phi) is 5.76. The Bertz CT molecular complexity index is 499. The highest BCUT2D eigenvalue weighted by atomic mass is 16.5. The molecule has 122 valence electrons. The van der Waals surface area contributed by atoms with Crippen LogP contribution >= 0.6 is 0 Å². The van der Waals surface area contributed by atoms with E-state index in [0.29, 0.717) is 25.6 Å². The third-order valence-electron chi connectivity index (χ3n) is 3.75. The summed E-state index contributed by atoms with van der Waals surface area (Å²) in [5.74, 6) is 1.23. The van der Waals surface area contributed by atoms with Crippen molar-refractivity contribution in [2.45, 2.75) is 12.5 Å². The number of urea groups is 1. The third kappa shape index (κ3) is 3.76. The van der Waals surface area contributed by atoms with Crippen LogP contribution in [0.5, 0.6) is 5.88 Å². The van der Waals surface area contributed by atoms with Gasteiger partial charge in [0.15, 0.2) is 5.82 Å². The van der Waals surface area contributed by atoms with Gasteiger partial charge in [0.25, 0.3) is 5.88 Å². The number of rotatable bonds is 6. The molecule has 0 aromatic carbocycles. The number of methoxy groups -OCH3 is 2. The first-order chi connectivity index (χ1) is 10.7. The van der Waals surface area contributed by atoms with Gasteiger partial charge in [0.1, 0.15) is 0 Å². The summed E-state index contributed by atoms with van der Waals surface area (Å²) in [6.07, 6.45) is 4.13. The molecule has 0 unspecified atom stereocenters. The zero-order valence-corrected chi connectivity index (χ0v) is 13.3. The summed E-state index contributed by atoms with van der Waals surface area (Å²) < 4.78 is 10.2. The molecule has 1 saturated heterocycles. The van der Waals surface area contributed by atoms with Crippen molar-refractivity contribution in [2.75, 3.05) is 52.4 Å². The van der Waals surface area contributed by atoms with Crippen LogP contribution < -0.4 is 15.0 Å². The number of hydrogen-bond donors (Lipinski definition) is 1. The fourth-order valence-corrected chi connectivity index (χ4v) is 2.48. The van der Waals surface area contributed by atoms with Gasteiger partial charge in [-0.3, -0.25) is 0 Å². The normalized spacial score (nSPS) is 17.4. The molecule has 0 radical (unpaired) electrons. The molecule has 2 heterocycles. The van der Waals surface area contributed by atoms with Gasteiger partial charge in [-0.05, 0) is 6.42 Å². The van der Waals surface area contributed by atoms with Crippen LogP contribution in [0.2, 0.25) is 0 Å². The summed E-state index contributed by atoms with van der Waals surface area (Å²) in [5.41, 5.74) is 0. The average Bonchev–Trinajstić information content (AvgIpc) is 3.04. The fourth-order valence-electron chi connectivity index (χ4n) is 2.48. The first-order valence-corrected chi connectivity index (χ1v) is 7.27. The molecular weight excluding hydrogens is 286 g/mol. The molecule has 1 aliphatic rings. The van der Waals surface area contributed by atoms with Crippen molar-refractivity contribution < 1.29 is 14.3 Å². The maximum Gasteiger partial charge on any atom is 0.317 e. The number of nitrogens with zero attached hydrogens (tertiary/aromatic N) is 4. The number of ether oxygens (including phenoxy) is 2. The monoisotopic (exact) mass is 309 g/mol. The largest absolute Gasteiger partial charge is 0.478 e. The van der Waals surface area contributed by atoms with Crippen molar-refractivity contribution in [3.63, 3.8) is 0 Å². The lowest BCUT2D eigenvalue weighted by molar-refractivity contribution is 0.177. The quantitative estimate of drug-likeness (QED) is 0.764. The summed E-state index contributed by atoms with van der Waals surface area (Å²) in [4.78, 5) is 24.4. The number of hydrogen-bond acceptors (Lipinski definition) is 6. The molecule has 1 aromatic heterocycles. The van der Waals surface area contributed by atoms with E-state index in [1.807, 2.05) is 7.05 Å². The molecule has 1 N–H and O–H groups in total. The van der Waals surface area contributed by atoms with Gasteiger partial charge in [-0.25, -0.2) is 14.8 Å². The number of aromatic nitrogens is 2. The minimum Gasteiger partial charge on any atom is -0.478 e. The van der Waals surface area contributed by atoms with Crippen LogP contribution in [0.1, 0.15) is 6.42 Å². The van der Waals surface area contributed by atoms with Gasteiger partial charge in [0, 0.05) is 46.2 Å². The smallest absolute Gasteiger partial charge is 0.317 e. The second kappa shape index (κ2) is 7.79. The zero-order chi connectivity index (χ0) is 15.9. The molecule has 1 aliphatic heterocycles. The number of nitrogens with one attached hydrogen (secondary N) is 1. The maximum absolute atomic E-state index is 12.1. The molecule has 0 aliphatic carbocycles. The highest BCUT2D eigenvalue weighted by molar-refractivity contribution is 5.74. The Morgan fingerprint density at radius 3 is 2.95 bits per heavy atom. The molecular formula is C14H23N5O3. The summed E-state index contributed by atoms with van der Waals surface area (Å²) in [5, 5.41) is 2.83. The van der Waals surface area contributed by atoms with Crippen molar-refractivity contribution in [1.82, 2.24) is 20.2 Å². The van der Waals surface area contributed by atoms with E-state index in [0.717, 1.165) is 18.8 Å². The number of amides is 2. The van der Waals surface area contributed by atoms with Crippen molar-refractivity contribution >= 4 is 11.8 Å². The Labute approximate surface area is 130 Å². The van der Waals surface area contributed by atoms with Crippen LogP contribution in [0, 0.1) is 0 Å². The van der Waals surface area contributed by atoms with Crippen molar-refractivity contribution in [2.24, 2.45) is 0 Å². The zero-order valence-electron chi connectivity index (χ0n) is 13.3. The van der Waals surface area contributed by atoms with E-state index < -0.39 is 0 Å². The van der Waals surface area contributed by atoms with E-state index in [1.165, 1.54) is 0 Å². The number of carbonyl (C=O) groups is 1. The SMILES string of the molecule is COCCNC(=O)N(C)[C@H]1CCN(c2nccnc2OC)C1. The van der Waals surface area contributed by atoms with E-state index in [4.69, 9.17) is 9.47 Å². The molecule has 2 amide bonds. The van der Waals surface area contributed by atoms with Crippen molar-refractivity contribution in [3.8, 4) is 5.88 Å². The van der Waals surface area contributed by atoms with Crippen LogP contribution in [0.3, 0.4) is 0 Å². The molecule has 1 fully saturated rings. The lowest BCUT2D eigenvalue weighted by atomic mass is 10.2. The summed E-state index contributed by atoms with van der Waals surface area (Å²) >= 11 is 0. The third-order valence-corrected chi connectivity index (χ3v) is 3.75. The van der Waals surface area contributed by atoms with Crippen LogP contribution in [0.4, 0.5) is 10.6 Å². The van der Waals surface area contributed by atoms with E-state index >= 15 is 0 Å². The Hall–Kier alpha value is -2.09. The van der Waals surface area contributed by atoms with E-state index in [-0.39, 0.29) is 12.1 Å². The van der Waals surface area contributed by atoms with Crippen LogP contribution in [-0.4, -0.2) is 74.4 Å². The minimum atomic E-state index is -0.0880. The van der Waals surface area contributed by atoms with E-state index in [2.05, 4.69) is 20.2 Å². The first kappa shape index (κ1) is 16.3. The Morgan fingerprint density at radius 2 is 2.23 bits per heavy atom. The molecule has 22 heavy (non-hydrogen) atoms. The number of likely N-dealkylation sites (N-methyl/N-ethyl adjacent to an activating group) is 1. The predicted molar refractivity (Wildman–Crippen MR) is 82.2 cm³/mol. The highest BCUT2D eigenvalue weighted by Crippen LogP contribution is 2.27. The topological polar surface area (TPSA) is 79.8 Å².